The highest BCUT2D eigenvalue weighted by Gasteiger charge is 2.16. The Balaban J connectivity index is 2.88. The summed E-state index contributed by atoms with van der Waals surface area (Å²) in [6.45, 7) is 0.517. The molecule has 0 aromatic heterocycles. The zero-order chi connectivity index (χ0) is 14.4. The normalized spacial score (nSPS) is 10.1. The number of carboxylic acid groups (broad SMARTS) is 1. The third kappa shape index (κ3) is 5.04. The highest BCUT2D eigenvalue weighted by molar-refractivity contribution is 9.11. The van der Waals surface area contributed by atoms with Crippen LogP contribution >= 0.6 is 43.6 Å². The molecule has 0 aliphatic carbocycles. The molecule has 0 fully saturated rings. The van der Waals surface area contributed by atoms with Crippen molar-refractivity contribution in [2.75, 3.05) is 23.9 Å². The Labute approximate surface area is 131 Å². The molecule has 0 unspecified atom stereocenters. The van der Waals surface area contributed by atoms with Gasteiger partial charge in [-0.15, -0.1) is 0 Å². The van der Waals surface area contributed by atoms with Crippen LogP contribution in [0.25, 0.3) is 0 Å². The first-order chi connectivity index (χ1) is 8.95. The minimum atomic E-state index is -1.11. The molecular weight excluding hydrogens is 400 g/mol. The first-order valence-electron chi connectivity index (χ1n) is 5.21. The fraction of sp³-hybridized carbons (Fsp3) is 0.273. The smallest absolute Gasteiger partial charge is 0.337 e. The van der Waals surface area contributed by atoms with Gasteiger partial charge in [-0.2, -0.15) is 11.8 Å². The highest BCUT2D eigenvalue weighted by Crippen LogP contribution is 2.30. The lowest BCUT2D eigenvalue weighted by molar-refractivity contribution is 0.0698. The molecule has 5 nitrogen and oxygen atoms in total. The molecule has 104 valence electrons. The molecule has 19 heavy (non-hydrogen) atoms. The fourth-order valence-corrected chi connectivity index (χ4v) is 2.92. The molecule has 2 amide bonds. The molecule has 0 atom stereocenters. The molecule has 0 aliphatic rings. The maximum absolute atomic E-state index is 11.6. The molecule has 0 heterocycles. The predicted molar refractivity (Wildman–Crippen MR) is 84.2 cm³/mol. The van der Waals surface area contributed by atoms with E-state index in [9.17, 15) is 9.59 Å². The van der Waals surface area contributed by atoms with Gasteiger partial charge in [-0.1, -0.05) is 15.9 Å². The van der Waals surface area contributed by atoms with Gasteiger partial charge in [-0.3, -0.25) is 0 Å². The monoisotopic (exact) mass is 410 g/mol. The van der Waals surface area contributed by atoms with E-state index in [1.54, 1.807) is 17.8 Å². The standard InChI is InChI=1S/C11H12Br2N2O3S/c1-19-3-2-14-11(18)15-9-7(10(16)17)4-6(12)5-8(9)13/h4-5H,2-3H2,1H3,(H,16,17)(H2,14,15,18). The minimum absolute atomic E-state index is 0.0151. The lowest BCUT2D eigenvalue weighted by Gasteiger charge is -2.12. The van der Waals surface area contributed by atoms with Gasteiger partial charge in [-0.05, 0) is 34.3 Å². The van der Waals surface area contributed by atoms with Crippen LogP contribution in [0, 0.1) is 0 Å². The van der Waals surface area contributed by atoms with E-state index in [0.717, 1.165) is 5.75 Å². The second-order valence-electron chi connectivity index (χ2n) is 3.49. The maximum atomic E-state index is 11.6. The van der Waals surface area contributed by atoms with Gasteiger partial charge in [0.2, 0.25) is 0 Å². The van der Waals surface area contributed by atoms with Crippen LogP contribution in [0.5, 0.6) is 0 Å². The molecule has 0 bridgehead atoms. The van der Waals surface area contributed by atoms with Crippen LogP contribution in [0.4, 0.5) is 10.5 Å². The van der Waals surface area contributed by atoms with Gasteiger partial charge >= 0.3 is 12.0 Å². The predicted octanol–water partition coefficient (Wildman–Crippen LogP) is 3.39. The molecule has 0 saturated heterocycles. The van der Waals surface area contributed by atoms with E-state index in [-0.39, 0.29) is 11.3 Å². The van der Waals surface area contributed by atoms with Crippen LogP contribution in [0.1, 0.15) is 10.4 Å². The SMILES string of the molecule is CSCCNC(=O)Nc1c(Br)cc(Br)cc1C(=O)O. The second kappa shape index (κ2) is 7.76. The molecular formula is C11H12Br2N2O3S. The van der Waals surface area contributed by atoms with Crippen molar-refractivity contribution < 1.29 is 14.7 Å². The van der Waals surface area contributed by atoms with Crippen molar-refractivity contribution in [3.63, 3.8) is 0 Å². The van der Waals surface area contributed by atoms with Gasteiger partial charge in [0.15, 0.2) is 0 Å². The average molecular weight is 412 g/mol. The molecule has 1 aromatic rings. The number of halogens is 2. The Morgan fingerprint density at radius 2 is 2.05 bits per heavy atom. The topological polar surface area (TPSA) is 78.4 Å². The van der Waals surface area contributed by atoms with E-state index in [0.29, 0.717) is 15.5 Å². The number of rotatable bonds is 5. The van der Waals surface area contributed by atoms with Gasteiger partial charge in [0.25, 0.3) is 0 Å². The number of hydrogen-bond acceptors (Lipinski definition) is 3. The Morgan fingerprint density at radius 3 is 2.63 bits per heavy atom. The molecule has 1 aromatic carbocycles. The van der Waals surface area contributed by atoms with Crippen LogP contribution in [-0.2, 0) is 0 Å². The maximum Gasteiger partial charge on any atom is 0.337 e. The second-order valence-corrected chi connectivity index (χ2v) is 6.24. The molecule has 0 spiro atoms. The van der Waals surface area contributed by atoms with Crippen molar-refractivity contribution in [1.82, 2.24) is 5.32 Å². The summed E-state index contributed by atoms with van der Waals surface area (Å²) in [6.07, 6.45) is 1.94. The zero-order valence-electron chi connectivity index (χ0n) is 10.00. The number of carbonyl (C=O) groups is 2. The number of nitrogens with one attached hydrogen (secondary N) is 2. The number of carboxylic acids is 1. The van der Waals surface area contributed by atoms with Crippen molar-refractivity contribution in [3.05, 3.63) is 26.6 Å². The van der Waals surface area contributed by atoms with Crippen molar-refractivity contribution in [2.45, 2.75) is 0 Å². The molecule has 0 radical (unpaired) electrons. The Kier molecular flexibility index (Phi) is 6.67. The van der Waals surface area contributed by atoms with Crippen molar-refractivity contribution in [1.29, 1.82) is 0 Å². The first kappa shape index (κ1) is 16.3. The summed E-state index contributed by atoms with van der Waals surface area (Å²) in [5.41, 5.74) is 0.249. The number of hydrogen-bond donors (Lipinski definition) is 3. The van der Waals surface area contributed by atoms with Gasteiger partial charge in [0.05, 0.1) is 11.3 Å². The van der Waals surface area contributed by atoms with Crippen LogP contribution in [0.3, 0.4) is 0 Å². The summed E-state index contributed by atoms with van der Waals surface area (Å²) in [6, 6.07) is 2.67. The van der Waals surface area contributed by atoms with Gasteiger partial charge < -0.3 is 15.7 Å². The summed E-state index contributed by atoms with van der Waals surface area (Å²) in [5.74, 6) is -0.317. The lowest BCUT2D eigenvalue weighted by Crippen LogP contribution is -2.31. The average Bonchev–Trinajstić information content (AvgIpc) is 2.32. The van der Waals surface area contributed by atoms with E-state index in [4.69, 9.17) is 5.11 Å². The van der Waals surface area contributed by atoms with Crippen LogP contribution in [0.2, 0.25) is 0 Å². The first-order valence-corrected chi connectivity index (χ1v) is 8.19. The van der Waals surface area contributed by atoms with E-state index >= 15 is 0 Å². The summed E-state index contributed by atoms with van der Waals surface area (Å²) < 4.78 is 1.12. The summed E-state index contributed by atoms with van der Waals surface area (Å²) in [4.78, 5) is 22.8. The largest absolute Gasteiger partial charge is 0.478 e. The quantitative estimate of drug-likeness (QED) is 0.649. The fourth-order valence-electron chi connectivity index (χ4n) is 1.29. The lowest BCUT2D eigenvalue weighted by atomic mass is 10.2. The van der Waals surface area contributed by atoms with Gasteiger partial charge in [0, 0.05) is 21.2 Å². The Hall–Kier alpha value is -0.730. The third-order valence-corrected chi connectivity index (χ3v) is 3.81. The number of urea groups is 1. The summed E-state index contributed by atoms with van der Waals surface area (Å²) >= 11 is 8.06. The Morgan fingerprint density at radius 1 is 1.37 bits per heavy atom. The molecule has 0 saturated carbocycles. The van der Waals surface area contributed by atoms with E-state index < -0.39 is 12.0 Å². The highest BCUT2D eigenvalue weighted by atomic mass is 79.9. The third-order valence-electron chi connectivity index (χ3n) is 2.12. The van der Waals surface area contributed by atoms with Crippen molar-refractivity contribution in [3.8, 4) is 0 Å². The van der Waals surface area contributed by atoms with E-state index in [1.165, 1.54) is 6.07 Å². The van der Waals surface area contributed by atoms with Gasteiger partial charge in [0.1, 0.15) is 0 Å². The Bertz CT molecular complexity index is 497. The molecule has 3 N–H and O–H groups in total. The van der Waals surface area contributed by atoms with Crippen molar-refractivity contribution >= 4 is 61.3 Å². The number of amides is 2. The number of thioether (sulfide) groups is 1. The number of aromatic carboxylic acids is 1. The summed E-state index contributed by atoms with van der Waals surface area (Å²) in [7, 11) is 0. The molecule has 1 rings (SSSR count). The number of benzene rings is 1. The summed E-state index contributed by atoms with van der Waals surface area (Å²) in [5, 5.41) is 14.3. The molecule has 8 heteroatoms. The zero-order valence-corrected chi connectivity index (χ0v) is 14.0. The van der Waals surface area contributed by atoms with Crippen LogP contribution < -0.4 is 10.6 Å². The van der Waals surface area contributed by atoms with Crippen LogP contribution in [-0.4, -0.2) is 35.7 Å². The van der Waals surface area contributed by atoms with Crippen molar-refractivity contribution in [2.24, 2.45) is 0 Å². The number of anilines is 1. The molecule has 0 aliphatic heterocycles. The van der Waals surface area contributed by atoms with E-state index in [1.807, 2.05) is 6.26 Å². The van der Waals surface area contributed by atoms with Gasteiger partial charge in [-0.25, -0.2) is 9.59 Å². The minimum Gasteiger partial charge on any atom is -0.478 e. The van der Waals surface area contributed by atoms with Crippen LogP contribution in [0.15, 0.2) is 21.1 Å². The number of carbonyl (C=O) groups excluding carboxylic acids is 1. The van der Waals surface area contributed by atoms with E-state index in [2.05, 4.69) is 42.5 Å².